The lowest BCUT2D eigenvalue weighted by molar-refractivity contribution is 0.0694. The van der Waals surface area contributed by atoms with Crippen molar-refractivity contribution < 1.29 is 9.90 Å². The van der Waals surface area contributed by atoms with Gasteiger partial charge in [-0.2, -0.15) is 0 Å². The van der Waals surface area contributed by atoms with Gasteiger partial charge in [0.15, 0.2) is 0 Å². The fraction of sp³-hybridized carbons (Fsp3) is 0.154. The summed E-state index contributed by atoms with van der Waals surface area (Å²) in [6, 6.07) is 0. The lowest BCUT2D eigenvalue weighted by atomic mass is 10.2. The Bertz CT molecular complexity index is 900. The Balaban J connectivity index is 2.09. The minimum absolute atomic E-state index is 0.0214. The Morgan fingerprint density at radius 1 is 1.43 bits per heavy atom. The van der Waals surface area contributed by atoms with Crippen LogP contribution >= 0.6 is 11.3 Å². The van der Waals surface area contributed by atoms with Gasteiger partial charge in [-0.3, -0.25) is 9.36 Å². The fourth-order valence-corrected chi connectivity index (χ4v) is 2.94. The van der Waals surface area contributed by atoms with Crippen LogP contribution in [0.2, 0.25) is 0 Å². The van der Waals surface area contributed by atoms with E-state index < -0.39 is 5.97 Å². The number of aromatic nitrogens is 4. The molecule has 0 saturated carbocycles. The van der Waals surface area contributed by atoms with Crippen LogP contribution in [-0.4, -0.2) is 30.6 Å². The van der Waals surface area contributed by atoms with Crippen LogP contribution < -0.4 is 5.56 Å². The SMILES string of the molecule is Cc1csc2c(=O)n(Cc3ncncc3C(=O)O)cnc12. The summed E-state index contributed by atoms with van der Waals surface area (Å²) in [5.74, 6) is -1.13. The van der Waals surface area contributed by atoms with E-state index in [2.05, 4.69) is 15.0 Å². The van der Waals surface area contributed by atoms with Crippen molar-refractivity contribution in [1.82, 2.24) is 19.5 Å². The van der Waals surface area contributed by atoms with Gasteiger partial charge >= 0.3 is 5.97 Å². The third-order valence-corrected chi connectivity index (χ3v) is 4.14. The molecule has 0 amide bonds. The predicted octanol–water partition coefficient (Wildman–Crippen LogP) is 1.30. The number of aromatic carboxylic acids is 1. The maximum atomic E-state index is 12.4. The van der Waals surface area contributed by atoms with Crippen LogP contribution in [0.3, 0.4) is 0 Å². The summed E-state index contributed by atoms with van der Waals surface area (Å²) in [7, 11) is 0. The van der Waals surface area contributed by atoms with Crippen LogP contribution in [0.4, 0.5) is 0 Å². The number of nitrogens with zero attached hydrogens (tertiary/aromatic N) is 4. The summed E-state index contributed by atoms with van der Waals surface area (Å²) in [5.41, 5.74) is 1.68. The van der Waals surface area contributed by atoms with Crippen molar-refractivity contribution in [3.63, 3.8) is 0 Å². The first-order valence-electron chi connectivity index (χ1n) is 6.03. The summed E-state index contributed by atoms with van der Waals surface area (Å²) >= 11 is 1.33. The molecule has 3 rings (SSSR count). The van der Waals surface area contributed by atoms with Crippen LogP contribution in [0.15, 0.2) is 29.0 Å². The van der Waals surface area contributed by atoms with E-state index in [4.69, 9.17) is 5.11 Å². The van der Waals surface area contributed by atoms with Crippen molar-refractivity contribution in [2.75, 3.05) is 0 Å². The smallest absolute Gasteiger partial charge is 0.339 e. The van der Waals surface area contributed by atoms with E-state index in [0.717, 1.165) is 5.56 Å². The van der Waals surface area contributed by atoms with Gasteiger partial charge in [0.25, 0.3) is 5.56 Å². The molecule has 0 radical (unpaired) electrons. The van der Waals surface area contributed by atoms with Crippen LogP contribution in [0.5, 0.6) is 0 Å². The van der Waals surface area contributed by atoms with E-state index in [9.17, 15) is 9.59 Å². The molecule has 3 aromatic rings. The molecule has 0 aromatic carbocycles. The van der Waals surface area contributed by atoms with Crippen LogP contribution in [-0.2, 0) is 6.54 Å². The van der Waals surface area contributed by atoms with E-state index in [1.807, 2.05) is 12.3 Å². The quantitative estimate of drug-likeness (QED) is 0.783. The van der Waals surface area contributed by atoms with Crippen LogP contribution in [0, 0.1) is 6.92 Å². The number of carbonyl (C=O) groups is 1. The lowest BCUT2D eigenvalue weighted by Crippen LogP contribution is -2.22. The van der Waals surface area contributed by atoms with Gasteiger partial charge in [-0.25, -0.2) is 19.7 Å². The standard InChI is InChI=1S/C13H10N4O3S/c1-7-4-21-11-10(7)16-6-17(12(11)18)3-9-8(13(19)20)2-14-5-15-9/h2,4-6H,3H2,1H3,(H,19,20). The molecule has 0 bridgehead atoms. The molecule has 3 aromatic heterocycles. The molecule has 0 atom stereocenters. The van der Waals surface area contributed by atoms with Gasteiger partial charge < -0.3 is 5.11 Å². The number of thiophene rings is 1. The molecule has 0 spiro atoms. The molecular formula is C13H10N4O3S. The van der Waals surface area contributed by atoms with Crippen molar-refractivity contribution in [3.8, 4) is 0 Å². The number of rotatable bonds is 3. The zero-order valence-electron chi connectivity index (χ0n) is 11.0. The van der Waals surface area contributed by atoms with Gasteiger partial charge in [0.05, 0.1) is 24.1 Å². The number of aryl methyl sites for hydroxylation is 1. The highest BCUT2D eigenvalue weighted by Crippen LogP contribution is 2.19. The molecule has 0 unspecified atom stereocenters. The van der Waals surface area contributed by atoms with Crippen molar-refractivity contribution in [2.24, 2.45) is 0 Å². The Hall–Kier alpha value is -2.61. The first kappa shape index (κ1) is 13.4. The average molecular weight is 302 g/mol. The molecule has 7 nitrogen and oxygen atoms in total. The molecule has 0 fully saturated rings. The molecular weight excluding hydrogens is 292 g/mol. The van der Waals surface area contributed by atoms with E-state index in [-0.39, 0.29) is 23.4 Å². The van der Waals surface area contributed by atoms with E-state index in [0.29, 0.717) is 10.2 Å². The normalized spacial score (nSPS) is 10.9. The Morgan fingerprint density at radius 3 is 3.00 bits per heavy atom. The highest BCUT2D eigenvalue weighted by atomic mass is 32.1. The summed E-state index contributed by atoms with van der Waals surface area (Å²) in [6.45, 7) is 1.94. The third kappa shape index (κ3) is 2.29. The number of carboxylic acid groups (broad SMARTS) is 1. The molecule has 106 valence electrons. The highest BCUT2D eigenvalue weighted by Gasteiger charge is 2.14. The van der Waals surface area contributed by atoms with E-state index in [1.54, 1.807) is 0 Å². The number of carboxylic acids is 1. The second-order valence-corrected chi connectivity index (χ2v) is 5.34. The molecule has 0 saturated heterocycles. The first-order chi connectivity index (χ1) is 10.1. The molecule has 0 aliphatic rings. The zero-order valence-corrected chi connectivity index (χ0v) is 11.8. The monoisotopic (exact) mass is 302 g/mol. The first-order valence-corrected chi connectivity index (χ1v) is 6.91. The maximum Gasteiger partial charge on any atom is 0.339 e. The second-order valence-electron chi connectivity index (χ2n) is 4.46. The van der Waals surface area contributed by atoms with Gasteiger partial charge in [-0.15, -0.1) is 11.3 Å². The van der Waals surface area contributed by atoms with Gasteiger partial charge in [0.2, 0.25) is 0 Å². The van der Waals surface area contributed by atoms with Crippen LogP contribution in [0.25, 0.3) is 10.2 Å². The van der Waals surface area contributed by atoms with E-state index >= 15 is 0 Å². The molecule has 0 aliphatic carbocycles. The van der Waals surface area contributed by atoms with Crippen molar-refractivity contribution in [2.45, 2.75) is 13.5 Å². The number of fused-ring (bicyclic) bond motifs is 1. The topological polar surface area (TPSA) is 98.0 Å². The van der Waals surface area contributed by atoms with Crippen molar-refractivity contribution in [1.29, 1.82) is 0 Å². The molecule has 1 N–H and O–H groups in total. The number of hydrogen-bond donors (Lipinski definition) is 1. The lowest BCUT2D eigenvalue weighted by Gasteiger charge is -2.06. The number of hydrogen-bond acceptors (Lipinski definition) is 6. The maximum absolute atomic E-state index is 12.4. The Kier molecular flexibility index (Phi) is 3.22. The van der Waals surface area contributed by atoms with Gasteiger partial charge in [0.1, 0.15) is 16.6 Å². The summed E-state index contributed by atoms with van der Waals surface area (Å²) < 4.78 is 1.91. The average Bonchev–Trinajstić information content (AvgIpc) is 2.84. The molecule has 21 heavy (non-hydrogen) atoms. The predicted molar refractivity (Wildman–Crippen MR) is 76.7 cm³/mol. The van der Waals surface area contributed by atoms with Crippen molar-refractivity contribution >= 4 is 27.5 Å². The minimum Gasteiger partial charge on any atom is -0.478 e. The van der Waals surface area contributed by atoms with Gasteiger partial charge in [-0.05, 0) is 17.9 Å². The summed E-state index contributed by atoms with van der Waals surface area (Å²) in [5, 5.41) is 11.0. The highest BCUT2D eigenvalue weighted by molar-refractivity contribution is 7.17. The molecule has 8 heteroatoms. The molecule has 0 aliphatic heterocycles. The third-order valence-electron chi connectivity index (χ3n) is 3.07. The summed E-state index contributed by atoms with van der Waals surface area (Å²) in [4.78, 5) is 35.4. The van der Waals surface area contributed by atoms with Gasteiger partial charge in [-0.1, -0.05) is 0 Å². The van der Waals surface area contributed by atoms with Gasteiger partial charge in [0, 0.05) is 6.20 Å². The van der Waals surface area contributed by atoms with Crippen LogP contribution in [0.1, 0.15) is 21.6 Å². The zero-order chi connectivity index (χ0) is 15.0. The summed E-state index contributed by atoms with van der Waals surface area (Å²) in [6.07, 6.45) is 3.89. The fourth-order valence-electron chi connectivity index (χ4n) is 1.99. The van der Waals surface area contributed by atoms with E-state index in [1.165, 1.54) is 34.8 Å². The minimum atomic E-state index is -1.13. The molecule has 3 heterocycles. The Labute approximate surface area is 122 Å². The Morgan fingerprint density at radius 2 is 2.24 bits per heavy atom. The second kappa shape index (κ2) is 5.06. The largest absolute Gasteiger partial charge is 0.478 e. The van der Waals surface area contributed by atoms with Crippen molar-refractivity contribution in [3.05, 3.63) is 51.4 Å².